The lowest BCUT2D eigenvalue weighted by atomic mass is 9.99. The fourth-order valence-corrected chi connectivity index (χ4v) is 8.08. The molecule has 0 aliphatic heterocycles. The largest absolute Gasteiger partial charge is 0.462 e. The van der Waals surface area contributed by atoms with E-state index < -0.39 is 6.10 Å². The van der Waals surface area contributed by atoms with Crippen LogP contribution in [0.4, 0.5) is 0 Å². The van der Waals surface area contributed by atoms with Gasteiger partial charge in [-0.1, -0.05) is 253 Å². The van der Waals surface area contributed by atoms with Crippen LogP contribution in [-0.2, 0) is 28.6 Å². The SMILES string of the molecule is CCC(C)CCCCCCCCCCCCCCCCCCCCC(=O)O[C@@H](COC(=O)CCCCCCCCCCC(C)C)COC(=O)CCCCCCCCC(C)C. The minimum atomic E-state index is -0.763. The average molecular weight is 849 g/mol. The Labute approximate surface area is 374 Å². The summed E-state index contributed by atoms with van der Waals surface area (Å²) in [4.78, 5) is 37.9. The molecule has 0 saturated carbocycles. The third-order valence-electron chi connectivity index (χ3n) is 12.5. The Balaban J connectivity index is 4.18. The first-order chi connectivity index (χ1) is 29.1. The second-order valence-electron chi connectivity index (χ2n) is 19.7. The van der Waals surface area contributed by atoms with E-state index in [0.29, 0.717) is 19.3 Å². The number of carbonyl (C=O) groups excluding carboxylic acids is 3. The highest BCUT2D eigenvalue weighted by atomic mass is 16.6. The van der Waals surface area contributed by atoms with Crippen molar-refractivity contribution >= 4 is 17.9 Å². The average Bonchev–Trinajstić information content (AvgIpc) is 3.22. The molecule has 6 heteroatoms. The molecule has 6 nitrogen and oxygen atoms in total. The topological polar surface area (TPSA) is 78.9 Å². The number of esters is 3. The van der Waals surface area contributed by atoms with Gasteiger partial charge >= 0.3 is 17.9 Å². The van der Waals surface area contributed by atoms with Gasteiger partial charge < -0.3 is 14.2 Å². The molecule has 2 atom stereocenters. The van der Waals surface area contributed by atoms with Crippen molar-refractivity contribution in [3.63, 3.8) is 0 Å². The molecule has 0 heterocycles. The summed E-state index contributed by atoms with van der Waals surface area (Å²) in [7, 11) is 0. The van der Waals surface area contributed by atoms with E-state index >= 15 is 0 Å². The number of hydrogen-bond acceptors (Lipinski definition) is 6. The van der Waals surface area contributed by atoms with Crippen LogP contribution in [0, 0.1) is 17.8 Å². The quantitative estimate of drug-likeness (QED) is 0.0345. The van der Waals surface area contributed by atoms with E-state index in [1.54, 1.807) is 0 Å². The van der Waals surface area contributed by atoms with Crippen LogP contribution in [0.2, 0.25) is 0 Å². The number of hydrogen-bond donors (Lipinski definition) is 0. The van der Waals surface area contributed by atoms with Gasteiger partial charge in [0.05, 0.1) is 0 Å². The van der Waals surface area contributed by atoms with E-state index in [-0.39, 0.29) is 31.1 Å². The lowest BCUT2D eigenvalue weighted by Gasteiger charge is -2.18. The monoisotopic (exact) mass is 849 g/mol. The summed E-state index contributed by atoms with van der Waals surface area (Å²) in [5, 5.41) is 0. The van der Waals surface area contributed by atoms with Crippen LogP contribution < -0.4 is 0 Å². The van der Waals surface area contributed by atoms with Gasteiger partial charge in [0.15, 0.2) is 6.10 Å². The molecule has 0 aromatic heterocycles. The molecule has 0 N–H and O–H groups in total. The summed E-state index contributed by atoms with van der Waals surface area (Å²) >= 11 is 0. The van der Waals surface area contributed by atoms with Gasteiger partial charge in [-0.15, -0.1) is 0 Å². The Kier molecular flexibility index (Phi) is 44.2. The molecule has 1 unspecified atom stereocenters. The molecule has 60 heavy (non-hydrogen) atoms. The standard InChI is InChI=1S/C54H104O6/c1-7-50(6)42-36-30-23-18-16-14-12-10-8-9-11-13-15-17-19-25-33-39-45-54(57)60-51(47-59-53(56)44-38-32-27-26-29-35-41-49(4)5)46-58-52(55)43-37-31-24-21-20-22-28-34-40-48(2)3/h48-51H,7-47H2,1-6H3/t50?,51-/m0/s1. The van der Waals surface area contributed by atoms with Crippen LogP contribution in [0.15, 0.2) is 0 Å². The van der Waals surface area contributed by atoms with E-state index in [0.717, 1.165) is 75.5 Å². The maximum Gasteiger partial charge on any atom is 0.306 e. The van der Waals surface area contributed by atoms with Crippen molar-refractivity contribution in [3.8, 4) is 0 Å². The molecule has 0 saturated heterocycles. The lowest BCUT2D eigenvalue weighted by molar-refractivity contribution is -0.167. The first-order valence-electron chi connectivity index (χ1n) is 26.6. The van der Waals surface area contributed by atoms with Crippen molar-refractivity contribution in [3.05, 3.63) is 0 Å². The van der Waals surface area contributed by atoms with Crippen molar-refractivity contribution in [1.82, 2.24) is 0 Å². The first kappa shape index (κ1) is 58.4. The number of unbranched alkanes of at least 4 members (excludes halogenated alkanes) is 29. The molecule has 0 aliphatic rings. The smallest absolute Gasteiger partial charge is 0.306 e. The fourth-order valence-electron chi connectivity index (χ4n) is 8.08. The highest BCUT2D eigenvalue weighted by molar-refractivity contribution is 5.71. The van der Waals surface area contributed by atoms with Gasteiger partial charge in [0.2, 0.25) is 0 Å². The Morgan fingerprint density at radius 3 is 0.867 bits per heavy atom. The van der Waals surface area contributed by atoms with E-state index in [1.165, 1.54) is 173 Å². The minimum Gasteiger partial charge on any atom is -0.462 e. The van der Waals surface area contributed by atoms with Gasteiger partial charge in [-0.05, 0) is 37.0 Å². The lowest BCUT2D eigenvalue weighted by Crippen LogP contribution is -2.30. The fraction of sp³-hybridized carbons (Fsp3) is 0.944. The van der Waals surface area contributed by atoms with Crippen LogP contribution in [-0.4, -0.2) is 37.2 Å². The van der Waals surface area contributed by atoms with Gasteiger partial charge in [0.1, 0.15) is 13.2 Å². The normalized spacial score (nSPS) is 12.6. The molecular formula is C54H104O6. The number of ether oxygens (including phenoxy) is 3. The predicted octanol–water partition coefficient (Wildman–Crippen LogP) is 17.2. The van der Waals surface area contributed by atoms with Gasteiger partial charge in [-0.3, -0.25) is 14.4 Å². The summed E-state index contributed by atoms with van der Waals surface area (Å²) in [5.41, 5.74) is 0. The Hall–Kier alpha value is -1.59. The highest BCUT2D eigenvalue weighted by Crippen LogP contribution is 2.18. The van der Waals surface area contributed by atoms with Gasteiger partial charge in [0.25, 0.3) is 0 Å². The summed E-state index contributed by atoms with van der Waals surface area (Å²) in [6.45, 7) is 13.7. The van der Waals surface area contributed by atoms with Crippen LogP contribution in [0.5, 0.6) is 0 Å². The molecule has 0 aliphatic carbocycles. The summed E-state index contributed by atoms with van der Waals surface area (Å²) in [6.07, 6.45) is 45.4. The molecule has 0 rings (SSSR count). The minimum absolute atomic E-state index is 0.0660. The first-order valence-corrected chi connectivity index (χ1v) is 26.6. The second kappa shape index (κ2) is 45.4. The van der Waals surface area contributed by atoms with Gasteiger partial charge in [-0.25, -0.2) is 0 Å². The molecule has 0 amide bonds. The van der Waals surface area contributed by atoms with Crippen molar-refractivity contribution in [2.45, 2.75) is 298 Å². The predicted molar refractivity (Wildman–Crippen MR) is 256 cm³/mol. The molecule has 356 valence electrons. The molecule has 0 aromatic carbocycles. The van der Waals surface area contributed by atoms with E-state index in [2.05, 4.69) is 41.5 Å². The molecule has 0 aromatic rings. The maximum atomic E-state index is 12.8. The van der Waals surface area contributed by atoms with Crippen molar-refractivity contribution in [1.29, 1.82) is 0 Å². The van der Waals surface area contributed by atoms with Crippen molar-refractivity contribution in [2.75, 3.05) is 13.2 Å². The van der Waals surface area contributed by atoms with E-state index in [1.807, 2.05) is 0 Å². The Morgan fingerprint density at radius 2 is 0.583 bits per heavy atom. The number of carbonyl (C=O) groups is 3. The zero-order valence-corrected chi connectivity index (χ0v) is 41.3. The summed E-state index contributed by atoms with van der Waals surface area (Å²) < 4.78 is 16.8. The summed E-state index contributed by atoms with van der Waals surface area (Å²) in [6, 6.07) is 0. The third kappa shape index (κ3) is 45.9. The maximum absolute atomic E-state index is 12.8. The van der Waals surface area contributed by atoms with Gasteiger partial charge in [0, 0.05) is 19.3 Å². The second-order valence-corrected chi connectivity index (χ2v) is 19.7. The van der Waals surface area contributed by atoms with E-state index in [9.17, 15) is 14.4 Å². The summed E-state index contributed by atoms with van der Waals surface area (Å²) in [5.74, 6) is 1.61. The van der Waals surface area contributed by atoms with Crippen molar-refractivity contribution in [2.24, 2.45) is 17.8 Å². The van der Waals surface area contributed by atoms with Gasteiger partial charge in [-0.2, -0.15) is 0 Å². The van der Waals surface area contributed by atoms with Crippen LogP contribution in [0.1, 0.15) is 292 Å². The third-order valence-corrected chi connectivity index (χ3v) is 12.5. The van der Waals surface area contributed by atoms with Crippen LogP contribution >= 0.6 is 0 Å². The molecule has 0 bridgehead atoms. The molecule has 0 spiro atoms. The molecule has 0 fully saturated rings. The van der Waals surface area contributed by atoms with Crippen LogP contribution in [0.3, 0.4) is 0 Å². The molecular weight excluding hydrogens is 745 g/mol. The van der Waals surface area contributed by atoms with E-state index in [4.69, 9.17) is 14.2 Å². The number of rotatable bonds is 47. The zero-order valence-electron chi connectivity index (χ0n) is 41.3. The highest BCUT2D eigenvalue weighted by Gasteiger charge is 2.19. The van der Waals surface area contributed by atoms with Crippen LogP contribution in [0.25, 0.3) is 0 Å². The zero-order chi connectivity index (χ0) is 44.2. The van der Waals surface area contributed by atoms with Crippen molar-refractivity contribution < 1.29 is 28.6 Å². The molecule has 0 radical (unpaired) electrons. The Bertz CT molecular complexity index is 931. The Morgan fingerprint density at radius 1 is 0.333 bits per heavy atom.